The van der Waals surface area contributed by atoms with Crippen LogP contribution in [0.4, 0.5) is 17.1 Å². The van der Waals surface area contributed by atoms with E-state index in [0.717, 1.165) is 99.8 Å². The van der Waals surface area contributed by atoms with Crippen LogP contribution in [0.15, 0.2) is 217 Å². The standard InChI is InChI=1S/C54H35N3O/c1-4-16-36(17-5-1)38-22-14-24-42(30-38)52-46-28-12-13-29-49(46)55-54(56-52)43-33-48-47-32-40-20-10-11-21-41(40)35-51(47)58-53(48)50(34-43)57(44-25-8-3-9-26-44)45-27-15-23-39(31-45)37-18-6-2-7-19-37/h1-35H. The number of rotatable bonds is 7. The van der Waals surface area contributed by atoms with E-state index < -0.39 is 0 Å². The van der Waals surface area contributed by atoms with E-state index in [1.54, 1.807) is 0 Å². The SMILES string of the molecule is c1ccc(-c2cccc(-c3nc(-c4cc(N(c5ccccc5)c5cccc(-c6ccccc6)c5)c5oc6cc7ccccc7cc6c5c4)nc4ccccc34)c2)cc1. The van der Waals surface area contributed by atoms with Crippen molar-refractivity contribution >= 4 is 60.7 Å². The normalized spacial score (nSPS) is 11.4. The molecule has 272 valence electrons. The Labute approximate surface area is 335 Å². The number of benzene rings is 9. The average Bonchev–Trinajstić information content (AvgIpc) is 3.66. The summed E-state index contributed by atoms with van der Waals surface area (Å²) in [6.45, 7) is 0. The van der Waals surface area contributed by atoms with Crippen LogP contribution >= 0.6 is 0 Å². The summed E-state index contributed by atoms with van der Waals surface area (Å²) in [4.78, 5) is 13.0. The van der Waals surface area contributed by atoms with Gasteiger partial charge in [0.05, 0.1) is 16.9 Å². The van der Waals surface area contributed by atoms with Crippen LogP contribution in [0.1, 0.15) is 0 Å². The Balaban J connectivity index is 1.19. The molecular formula is C54H35N3O. The topological polar surface area (TPSA) is 42.2 Å². The van der Waals surface area contributed by atoms with Gasteiger partial charge in [-0.15, -0.1) is 0 Å². The fourth-order valence-electron chi connectivity index (χ4n) is 8.20. The second kappa shape index (κ2) is 14.0. The van der Waals surface area contributed by atoms with Gasteiger partial charge in [-0.1, -0.05) is 152 Å². The van der Waals surface area contributed by atoms with Crippen molar-refractivity contribution in [3.05, 3.63) is 212 Å². The molecule has 11 aromatic rings. The molecule has 0 aliphatic carbocycles. The quantitative estimate of drug-likeness (QED) is 0.163. The Kier molecular flexibility index (Phi) is 8.11. The molecule has 0 unspecified atom stereocenters. The highest BCUT2D eigenvalue weighted by atomic mass is 16.3. The molecule has 0 saturated heterocycles. The lowest BCUT2D eigenvalue weighted by molar-refractivity contribution is 0.669. The zero-order valence-corrected chi connectivity index (χ0v) is 31.5. The van der Waals surface area contributed by atoms with Gasteiger partial charge in [0.2, 0.25) is 0 Å². The van der Waals surface area contributed by atoms with Crippen LogP contribution in [0, 0.1) is 0 Å². The highest BCUT2D eigenvalue weighted by Gasteiger charge is 2.23. The van der Waals surface area contributed by atoms with Crippen molar-refractivity contribution in [3.8, 4) is 44.9 Å². The molecule has 0 spiro atoms. The van der Waals surface area contributed by atoms with E-state index in [0.29, 0.717) is 5.82 Å². The van der Waals surface area contributed by atoms with E-state index in [-0.39, 0.29) is 0 Å². The van der Waals surface area contributed by atoms with Gasteiger partial charge in [0.25, 0.3) is 0 Å². The maximum atomic E-state index is 6.96. The van der Waals surface area contributed by atoms with Crippen LogP contribution in [-0.2, 0) is 0 Å². The molecule has 11 rings (SSSR count). The van der Waals surface area contributed by atoms with E-state index in [2.05, 4.69) is 205 Å². The van der Waals surface area contributed by atoms with E-state index in [1.807, 2.05) is 12.1 Å². The molecule has 0 aliphatic heterocycles. The lowest BCUT2D eigenvalue weighted by Crippen LogP contribution is -2.10. The lowest BCUT2D eigenvalue weighted by Gasteiger charge is -2.26. The minimum absolute atomic E-state index is 0.642. The molecule has 0 bridgehead atoms. The van der Waals surface area contributed by atoms with Crippen LogP contribution in [0.3, 0.4) is 0 Å². The van der Waals surface area contributed by atoms with Gasteiger partial charge in [-0.25, -0.2) is 9.97 Å². The third kappa shape index (κ3) is 5.96. The maximum absolute atomic E-state index is 6.96. The van der Waals surface area contributed by atoms with E-state index in [4.69, 9.17) is 14.4 Å². The van der Waals surface area contributed by atoms with Crippen molar-refractivity contribution < 1.29 is 4.42 Å². The van der Waals surface area contributed by atoms with Gasteiger partial charge < -0.3 is 9.32 Å². The molecule has 0 atom stereocenters. The summed E-state index contributed by atoms with van der Waals surface area (Å²) in [5.74, 6) is 0.642. The Hall–Kier alpha value is -7.82. The number of hydrogen-bond donors (Lipinski definition) is 0. The fraction of sp³-hybridized carbons (Fsp3) is 0. The monoisotopic (exact) mass is 741 g/mol. The number of aromatic nitrogens is 2. The van der Waals surface area contributed by atoms with Crippen molar-refractivity contribution in [2.24, 2.45) is 0 Å². The second-order valence-corrected chi connectivity index (χ2v) is 14.6. The number of anilines is 3. The average molecular weight is 742 g/mol. The van der Waals surface area contributed by atoms with Crippen molar-refractivity contribution in [2.45, 2.75) is 0 Å². The molecule has 0 amide bonds. The first-order valence-corrected chi connectivity index (χ1v) is 19.6. The van der Waals surface area contributed by atoms with Crippen LogP contribution < -0.4 is 4.90 Å². The minimum atomic E-state index is 0.642. The molecule has 4 nitrogen and oxygen atoms in total. The molecule has 0 aliphatic rings. The van der Waals surface area contributed by atoms with Gasteiger partial charge in [0.1, 0.15) is 5.58 Å². The Morgan fingerprint density at radius 3 is 1.71 bits per heavy atom. The molecule has 2 heterocycles. The lowest BCUT2D eigenvalue weighted by atomic mass is 9.99. The van der Waals surface area contributed by atoms with Gasteiger partial charge in [0, 0.05) is 38.7 Å². The van der Waals surface area contributed by atoms with Crippen molar-refractivity contribution in [3.63, 3.8) is 0 Å². The van der Waals surface area contributed by atoms with Crippen LogP contribution in [0.25, 0.3) is 88.5 Å². The first-order chi connectivity index (χ1) is 28.7. The molecule has 9 aromatic carbocycles. The van der Waals surface area contributed by atoms with Gasteiger partial charge in [0.15, 0.2) is 11.4 Å². The summed E-state index contributed by atoms with van der Waals surface area (Å²) < 4.78 is 6.96. The Bertz CT molecular complexity index is 3280. The Morgan fingerprint density at radius 1 is 0.362 bits per heavy atom. The highest BCUT2D eigenvalue weighted by Crippen LogP contribution is 2.46. The van der Waals surface area contributed by atoms with Crippen LogP contribution in [0.2, 0.25) is 0 Å². The van der Waals surface area contributed by atoms with E-state index in [9.17, 15) is 0 Å². The predicted octanol–water partition coefficient (Wildman–Crippen LogP) is 14.8. The van der Waals surface area contributed by atoms with Crippen molar-refractivity contribution in [2.75, 3.05) is 4.90 Å². The second-order valence-electron chi connectivity index (χ2n) is 14.6. The zero-order chi connectivity index (χ0) is 38.4. The summed E-state index contributed by atoms with van der Waals surface area (Å²) in [6, 6.07) is 74.4. The number of hydrogen-bond acceptors (Lipinski definition) is 4. The first kappa shape index (κ1) is 33.5. The van der Waals surface area contributed by atoms with Crippen molar-refractivity contribution in [1.82, 2.24) is 9.97 Å². The van der Waals surface area contributed by atoms with E-state index in [1.165, 1.54) is 0 Å². The maximum Gasteiger partial charge on any atom is 0.160 e. The molecule has 4 heteroatoms. The molecule has 2 aromatic heterocycles. The van der Waals surface area contributed by atoms with Gasteiger partial charge in [-0.3, -0.25) is 0 Å². The predicted molar refractivity (Wildman–Crippen MR) is 241 cm³/mol. The number of para-hydroxylation sites is 2. The zero-order valence-electron chi connectivity index (χ0n) is 31.5. The molecule has 0 radical (unpaired) electrons. The smallest absolute Gasteiger partial charge is 0.160 e. The molecule has 0 fully saturated rings. The summed E-state index contributed by atoms with van der Waals surface area (Å²) in [5, 5.41) is 5.33. The number of furan rings is 1. The fourth-order valence-corrected chi connectivity index (χ4v) is 8.20. The third-order valence-electron chi connectivity index (χ3n) is 11.0. The Morgan fingerprint density at radius 2 is 0.948 bits per heavy atom. The van der Waals surface area contributed by atoms with Crippen LogP contribution in [-0.4, -0.2) is 9.97 Å². The van der Waals surface area contributed by atoms with Crippen molar-refractivity contribution in [1.29, 1.82) is 0 Å². The van der Waals surface area contributed by atoms with Gasteiger partial charge >= 0.3 is 0 Å². The number of fused-ring (bicyclic) bond motifs is 5. The molecule has 0 saturated carbocycles. The highest BCUT2D eigenvalue weighted by molar-refractivity contribution is 6.15. The number of nitrogens with zero attached hydrogens (tertiary/aromatic N) is 3. The summed E-state index contributed by atoms with van der Waals surface area (Å²) in [5.41, 5.74) is 12.8. The largest absolute Gasteiger partial charge is 0.454 e. The molecular weight excluding hydrogens is 707 g/mol. The minimum Gasteiger partial charge on any atom is -0.454 e. The molecule has 0 N–H and O–H groups in total. The summed E-state index contributed by atoms with van der Waals surface area (Å²) in [7, 11) is 0. The third-order valence-corrected chi connectivity index (χ3v) is 11.0. The van der Waals surface area contributed by atoms with Gasteiger partial charge in [-0.05, 0) is 93.7 Å². The summed E-state index contributed by atoms with van der Waals surface area (Å²) in [6.07, 6.45) is 0. The first-order valence-electron chi connectivity index (χ1n) is 19.6. The van der Waals surface area contributed by atoms with Crippen LogP contribution in [0.5, 0.6) is 0 Å². The molecule has 58 heavy (non-hydrogen) atoms. The van der Waals surface area contributed by atoms with Gasteiger partial charge in [-0.2, -0.15) is 0 Å². The van der Waals surface area contributed by atoms with E-state index >= 15 is 0 Å². The summed E-state index contributed by atoms with van der Waals surface area (Å²) >= 11 is 0.